The first-order chi connectivity index (χ1) is 9.94. The Morgan fingerprint density at radius 2 is 2.00 bits per heavy atom. The van der Waals surface area contributed by atoms with Gasteiger partial charge in [0.1, 0.15) is 0 Å². The molecule has 0 bridgehead atoms. The van der Waals surface area contributed by atoms with Crippen molar-refractivity contribution in [3.63, 3.8) is 0 Å². The van der Waals surface area contributed by atoms with Crippen LogP contribution in [-0.2, 0) is 14.3 Å². The Labute approximate surface area is 126 Å². The number of ether oxygens (including phenoxy) is 1. The molecule has 0 aromatic rings. The van der Waals surface area contributed by atoms with Crippen molar-refractivity contribution >= 4 is 11.9 Å². The van der Waals surface area contributed by atoms with Crippen molar-refractivity contribution in [1.82, 2.24) is 5.32 Å². The van der Waals surface area contributed by atoms with Gasteiger partial charge in [-0.15, -0.1) is 0 Å². The minimum atomic E-state index is -0.760. The minimum Gasteiger partial charge on any atom is -0.463 e. The molecule has 1 aliphatic rings. The molecular weight excluding hydrogens is 270 g/mol. The lowest BCUT2D eigenvalue weighted by molar-refractivity contribution is -0.139. The highest BCUT2D eigenvalue weighted by Crippen LogP contribution is 2.33. The molecule has 5 heteroatoms. The van der Waals surface area contributed by atoms with Crippen LogP contribution in [0.4, 0.5) is 0 Å². The standard InChI is InChI=1S/C16H27NO4/c1-5-11(6-2)13-8-12(16(20)21-7-3)9-14(19)15(13)17-10(4)18/h8,11,13-15,19H,5-7,9H2,1-4H3,(H,17,18)/t13-,14+,15-/m0/s1. The number of aliphatic hydroxyl groups is 1. The fourth-order valence-electron chi connectivity index (χ4n) is 3.08. The Morgan fingerprint density at radius 3 is 2.48 bits per heavy atom. The summed E-state index contributed by atoms with van der Waals surface area (Å²) < 4.78 is 5.04. The largest absolute Gasteiger partial charge is 0.463 e. The van der Waals surface area contributed by atoms with Crippen LogP contribution in [0.25, 0.3) is 0 Å². The van der Waals surface area contributed by atoms with E-state index in [2.05, 4.69) is 19.2 Å². The van der Waals surface area contributed by atoms with Crippen LogP contribution >= 0.6 is 0 Å². The Bertz CT molecular complexity index is 401. The Hall–Kier alpha value is -1.36. The molecular formula is C16H27NO4. The van der Waals surface area contributed by atoms with E-state index in [-0.39, 0.29) is 30.3 Å². The summed E-state index contributed by atoms with van der Waals surface area (Å²) in [5, 5.41) is 13.2. The summed E-state index contributed by atoms with van der Waals surface area (Å²) in [4.78, 5) is 23.3. The second-order valence-electron chi connectivity index (χ2n) is 5.56. The van der Waals surface area contributed by atoms with Gasteiger partial charge in [-0.1, -0.05) is 32.8 Å². The molecule has 0 saturated heterocycles. The van der Waals surface area contributed by atoms with E-state index in [0.29, 0.717) is 18.1 Å². The summed E-state index contributed by atoms with van der Waals surface area (Å²) in [6, 6.07) is -0.342. The monoisotopic (exact) mass is 297 g/mol. The molecule has 0 fully saturated rings. The van der Waals surface area contributed by atoms with Crippen molar-refractivity contribution in [2.24, 2.45) is 11.8 Å². The molecule has 0 aromatic heterocycles. The van der Waals surface area contributed by atoms with E-state index in [0.717, 1.165) is 12.8 Å². The predicted molar refractivity (Wildman–Crippen MR) is 80.5 cm³/mol. The summed E-state index contributed by atoms with van der Waals surface area (Å²) in [6.45, 7) is 7.68. The molecule has 2 N–H and O–H groups in total. The lowest BCUT2D eigenvalue weighted by Crippen LogP contribution is -2.51. The average molecular weight is 297 g/mol. The van der Waals surface area contributed by atoms with E-state index in [9.17, 15) is 14.7 Å². The third-order valence-electron chi connectivity index (χ3n) is 4.15. The minimum absolute atomic E-state index is 0.0490. The van der Waals surface area contributed by atoms with Crippen LogP contribution in [0.1, 0.15) is 47.0 Å². The summed E-state index contributed by atoms with van der Waals surface area (Å²) >= 11 is 0. The number of esters is 1. The Kier molecular flexibility index (Phi) is 6.89. The molecule has 3 atom stereocenters. The zero-order valence-corrected chi connectivity index (χ0v) is 13.4. The van der Waals surface area contributed by atoms with Gasteiger partial charge in [0, 0.05) is 24.8 Å². The van der Waals surface area contributed by atoms with E-state index < -0.39 is 6.10 Å². The SMILES string of the molecule is CCOC(=O)C1=C[C@@H](C(CC)CC)[C@H](NC(C)=O)[C@H](O)C1. The highest BCUT2D eigenvalue weighted by Gasteiger charge is 2.37. The van der Waals surface area contributed by atoms with Gasteiger partial charge in [0.05, 0.1) is 18.8 Å². The molecule has 0 heterocycles. The number of carbonyl (C=O) groups is 2. The normalized spacial score (nSPS) is 25.4. The third kappa shape index (κ3) is 4.56. The lowest BCUT2D eigenvalue weighted by Gasteiger charge is -2.38. The number of hydrogen-bond donors (Lipinski definition) is 2. The maximum absolute atomic E-state index is 11.9. The first kappa shape index (κ1) is 17.7. The second-order valence-corrected chi connectivity index (χ2v) is 5.56. The summed E-state index contributed by atoms with van der Waals surface area (Å²) in [6.07, 6.45) is 3.21. The summed E-state index contributed by atoms with van der Waals surface area (Å²) in [7, 11) is 0. The molecule has 1 aliphatic carbocycles. The van der Waals surface area contributed by atoms with Gasteiger partial charge in [-0.2, -0.15) is 0 Å². The topological polar surface area (TPSA) is 75.6 Å². The summed E-state index contributed by atoms with van der Waals surface area (Å²) in [5.41, 5.74) is 0.517. The fraction of sp³-hybridized carbons (Fsp3) is 0.750. The predicted octanol–water partition coefficient (Wildman–Crippen LogP) is 1.80. The Balaban J connectivity index is 3.06. The zero-order chi connectivity index (χ0) is 16.0. The van der Waals surface area contributed by atoms with Crippen molar-refractivity contribution in [2.75, 3.05) is 6.61 Å². The molecule has 120 valence electrons. The van der Waals surface area contributed by atoms with Crippen molar-refractivity contribution in [3.05, 3.63) is 11.6 Å². The molecule has 0 saturated carbocycles. The van der Waals surface area contributed by atoms with Gasteiger partial charge >= 0.3 is 5.97 Å². The van der Waals surface area contributed by atoms with Crippen molar-refractivity contribution in [2.45, 2.75) is 59.1 Å². The third-order valence-corrected chi connectivity index (χ3v) is 4.15. The van der Waals surface area contributed by atoms with Gasteiger partial charge in [-0.3, -0.25) is 4.79 Å². The number of amides is 1. The Morgan fingerprint density at radius 1 is 1.38 bits per heavy atom. The van der Waals surface area contributed by atoms with Gasteiger partial charge in [-0.25, -0.2) is 4.79 Å². The molecule has 0 unspecified atom stereocenters. The molecule has 21 heavy (non-hydrogen) atoms. The molecule has 0 spiro atoms. The average Bonchev–Trinajstić information content (AvgIpc) is 2.43. The number of hydrogen-bond acceptors (Lipinski definition) is 4. The van der Waals surface area contributed by atoms with Gasteiger partial charge in [0.25, 0.3) is 0 Å². The number of nitrogens with one attached hydrogen (secondary N) is 1. The van der Waals surface area contributed by atoms with Crippen LogP contribution in [0, 0.1) is 11.8 Å². The highest BCUT2D eigenvalue weighted by atomic mass is 16.5. The van der Waals surface area contributed by atoms with Gasteiger partial charge < -0.3 is 15.2 Å². The van der Waals surface area contributed by atoms with E-state index in [1.165, 1.54) is 6.92 Å². The molecule has 1 amide bonds. The van der Waals surface area contributed by atoms with Crippen molar-refractivity contribution in [3.8, 4) is 0 Å². The van der Waals surface area contributed by atoms with Crippen LogP contribution in [0.2, 0.25) is 0 Å². The van der Waals surface area contributed by atoms with E-state index in [4.69, 9.17) is 4.74 Å². The highest BCUT2D eigenvalue weighted by molar-refractivity contribution is 5.89. The maximum Gasteiger partial charge on any atom is 0.333 e. The first-order valence-corrected chi connectivity index (χ1v) is 7.77. The number of aliphatic hydroxyl groups excluding tert-OH is 1. The van der Waals surface area contributed by atoms with Crippen molar-refractivity contribution < 1.29 is 19.4 Å². The molecule has 0 aromatic carbocycles. The lowest BCUT2D eigenvalue weighted by atomic mass is 9.74. The van der Waals surface area contributed by atoms with Gasteiger partial charge in [0.2, 0.25) is 5.91 Å². The van der Waals surface area contributed by atoms with Crippen LogP contribution in [0.5, 0.6) is 0 Å². The first-order valence-electron chi connectivity index (χ1n) is 7.77. The van der Waals surface area contributed by atoms with Crippen LogP contribution in [0.15, 0.2) is 11.6 Å². The van der Waals surface area contributed by atoms with Crippen LogP contribution in [-0.4, -0.2) is 35.7 Å². The van der Waals surface area contributed by atoms with Crippen molar-refractivity contribution in [1.29, 1.82) is 0 Å². The zero-order valence-electron chi connectivity index (χ0n) is 13.4. The van der Waals surface area contributed by atoms with E-state index in [1.807, 2.05) is 6.08 Å². The molecule has 1 rings (SSSR count). The van der Waals surface area contributed by atoms with Crippen LogP contribution < -0.4 is 5.32 Å². The van der Waals surface area contributed by atoms with E-state index >= 15 is 0 Å². The molecule has 0 aliphatic heterocycles. The molecule has 0 radical (unpaired) electrons. The van der Waals surface area contributed by atoms with Gasteiger partial charge in [-0.05, 0) is 12.8 Å². The quantitative estimate of drug-likeness (QED) is 0.733. The fourth-order valence-corrected chi connectivity index (χ4v) is 3.08. The van der Waals surface area contributed by atoms with E-state index in [1.54, 1.807) is 6.92 Å². The second kappa shape index (κ2) is 8.17. The number of carbonyl (C=O) groups excluding carboxylic acids is 2. The maximum atomic E-state index is 11.9. The molecule has 5 nitrogen and oxygen atoms in total. The van der Waals surface area contributed by atoms with Crippen LogP contribution in [0.3, 0.4) is 0 Å². The summed E-state index contributed by atoms with van der Waals surface area (Å²) in [5.74, 6) is -0.273. The smallest absolute Gasteiger partial charge is 0.333 e. The van der Waals surface area contributed by atoms with Gasteiger partial charge in [0.15, 0.2) is 0 Å². The number of rotatable bonds is 6.